The number of nitrogens with zero attached hydrogens (tertiary/aromatic N) is 1. The molecule has 0 fully saturated rings. The lowest BCUT2D eigenvalue weighted by Gasteiger charge is -2.11. The van der Waals surface area contributed by atoms with Crippen LogP contribution in [0.25, 0.3) is 0 Å². The van der Waals surface area contributed by atoms with E-state index >= 15 is 0 Å². The van der Waals surface area contributed by atoms with Crippen molar-refractivity contribution in [2.24, 2.45) is 5.73 Å². The van der Waals surface area contributed by atoms with Crippen LogP contribution in [0, 0.1) is 0 Å². The highest BCUT2D eigenvalue weighted by atomic mass is 16.2. The Morgan fingerprint density at radius 1 is 1.33 bits per heavy atom. The van der Waals surface area contributed by atoms with Crippen LogP contribution in [0.3, 0.4) is 0 Å². The zero-order valence-corrected chi connectivity index (χ0v) is 10.8. The van der Waals surface area contributed by atoms with E-state index in [1.165, 1.54) is 4.90 Å². The van der Waals surface area contributed by atoms with Crippen molar-refractivity contribution in [1.29, 1.82) is 0 Å². The molecule has 0 unspecified atom stereocenters. The van der Waals surface area contributed by atoms with Crippen molar-refractivity contribution >= 4 is 11.8 Å². The number of nitrogens with one attached hydrogen (secondary N) is 1. The summed E-state index contributed by atoms with van der Waals surface area (Å²) in [6, 6.07) is 7.25. The van der Waals surface area contributed by atoms with Gasteiger partial charge in [-0.05, 0) is 30.7 Å². The minimum atomic E-state index is -0.246. The summed E-state index contributed by atoms with van der Waals surface area (Å²) in [7, 11) is 3.30. The molecular weight excluding hydrogens is 230 g/mol. The molecule has 5 heteroatoms. The van der Waals surface area contributed by atoms with Gasteiger partial charge in [0.15, 0.2) is 0 Å². The third kappa shape index (κ3) is 4.18. The molecule has 0 saturated heterocycles. The third-order valence-electron chi connectivity index (χ3n) is 2.52. The van der Waals surface area contributed by atoms with E-state index in [0.717, 1.165) is 12.0 Å². The van der Waals surface area contributed by atoms with Gasteiger partial charge >= 0.3 is 0 Å². The number of amides is 2. The highest BCUT2D eigenvalue weighted by Gasteiger charge is 2.09. The first-order valence-corrected chi connectivity index (χ1v) is 5.82. The molecule has 1 aromatic carbocycles. The van der Waals surface area contributed by atoms with Gasteiger partial charge in [-0.1, -0.05) is 12.1 Å². The summed E-state index contributed by atoms with van der Waals surface area (Å²) >= 11 is 0. The maximum atomic E-state index is 11.8. The smallest absolute Gasteiger partial charge is 0.251 e. The van der Waals surface area contributed by atoms with Crippen molar-refractivity contribution < 1.29 is 9.59 Å². The van der Waals surface area contributed by atoms with Gasteiger partial charge in [-0.15, -0.1) is 0 Å². The van der Waals surface area contributed by atoms with Gasteiger partial charge < -0.3 is 16.0 Å². The van der Waals surface area contributed by atoms with Crippen molar-refractivity contribution in [1.82, 2.24) is 10.2 Å². The fraction of sp³-hybridized carbons (Fsp3) is 0.385. The van der Waals surface area contributed by atoms with Crippen molar-refractivity contribution in [3.63, 3.8) is 0 Å². The molecule has 1 rings (SSSR count). The SMILES string of the molecule is CN(C)C(=O)CNC(=O)c1cccc(CCN)c1. The lowest BCUT2D eigenvalue weighted by molar-refractivity contribution is -0.127. The van der Waals surface area contributed by atoms with E-state index < -0.39 is 0 Å². The van der Waals surface area contributed by atoms with Crippen molar-refractivity contribution in [2.75, 3.05) is 27.2 Å². The quantitative estimate of drug-likeness (QED) is 0.771. The molecule has 1 aromatic rings. The monoisotopic (exact) mass is 249 g/mol. The Hall–Kier alpha value is -1.88. The summed E-state index contributed by atoms with van der Waals surface area (Å²) in [5, 5.41) is 2.59. The summed E-state index contributed by atoms with van der Waals surface area (Å²) < 4.78 is 0. The molecule has 0 aliphatic carbocycles. The number of nitrogens with two attached hydrogens (primary N) is 1. The molecule has 0 aromatic heterocycles. The van der Waals surface area contributed by atoms with Gasteiger partial charge in [0.25, 0.3) is 5.91 Å². The summed E-state index contributed by atoms with van der Waals surface area (Å²) in [6.45, 7) is 0.553. The molecule has 0 heterocycles. The zero-order valence-electron chi connectivity index (χ0n) is 10.8. The second kappa shape index (κ2) is 6.76. The molecule has 0 spiro atoms. The van der Waals surface area contributed by atoms with Gasteiger partial charge in [0.05, 0.1) is 6.54 Å². The van der Waals surface area contributed by atoms with E-state index in [4.69, 9.17) is 5.73 Å². The second-order valence-corrected chi connectivity index (χ2v) is 4.21. The summed E-state index contributed by atoms with van der Waals surface area (Å²) in [5.41, 5.74) is 7.03. The molecule has 2 amide bonds. The maximum absolute atomic E-state index is 11.8. The Morgan fingerprint density at radius 2 is 2.06 bits per heavy atom. The molecule has 0 atom stereocenters. The number of carbonyl (C=O) groups excluding carboxylic acids is 2. The first kappa shape index (κ1) is 14.2. The van der Waals surface area contributed by atoms with Crippen LogP contribution in [-0.4, -0.2) is 43.9 Å². The summed E-state index contributed by atoms with van der Waals surface area (Å²) in [4.78, 5) is 24.6. The molecule has 0 saturated carbocycles. The van der Waals surface area contributed by atoms with Gasteiger partial charge in [0.2, 0.25) is 5.91 Å². The summed E-state index contributed by atoms with van der Waals surface area (Å²) in [5.74, 6) is -0.384. The van der Waals surface area contributed by atoms with Crippen LogP contribution in [-0.2, 0) is 11.2 Å². The first-order valence-electron chi connectivity index (χ1n) is 5.82. The Labute approximate surface area is 107 Å². The van der Waals surface area contributed by atoms with E-state index in [0.29, 0.717) is 12.1 Å². The number of hydrogen-bond acceptors (Lipinski definition) is 3. The number of rotatable bonds is 5. The number of benzene rings is 1. The standard InChI is InChI=1S/C13H19N3O2/c1-16(2)12(17)9-15-13(18)11-5-3-4-10(8-11)6-7-14/h3-5,8H,6-7,9,14H2,1-2H3,(H,15,18). The third-order valence-corrected chi connectivity index (χ3v) is 2.52. The molecular formula is C13H19N3O2. The van der Waals surface area contributed by atoms with Crippen molar-refractivity contribution in [2.45, 2.75) is 6.42 Å². The highest BCUT2D eigenvalue weighted by molar-refractivity contribution is 5.96. The van der Waals surface area contributed by atoms with Crippen LogP contribution < -0.4 is 11.1 Å². The molecule has 98 valence electrons. The van der Waals surface area contributed by atoms with E-state index in [1.807, 2.05) is 12.1 Å². The van der Waals surface area contributed by atoms with Crippen molar-refractivity contribution in [3.05, 3.63) is 35.4 Å². The van der Waals surface area contributed by atoms with Crippen LogP contribution in [0.2, 0.25) is 0 Å². The fourth-order valence-electron chi connectivity index (χ4n) is 1.45. The molecule has 0 aliphatic rings. The lowest BCUT2D eigenvalue weighted by Crippen LogP contribution is -2.36. The first-order chi connectivity index (χ1) is 8.54. The Morgan fingerprint density at radius 3 is 2.67 bits per heavy atom. The molecule has 0 radical (unpaired) electrons. The van der Waals surface area contributed by atoms with Gasteiger partial charge in [0, 0.05) is 19.7 Å². The number of likely N-dealkylation sites (N-methyl/N-ethyl adjacent to an activating group) is 1. The minimum Gasteiger partial charge on any atom is -0.347 e. The average Bonchev–Trinajstić information content (AvgIpc) is 2.36. The molecule has 0 aliphatic heterocycles. The Kier molecular flexibility index (Phi) is 5.32. The van der Waals surface area contributed by atoms with E-state index in [-0.39, 0.29) is 18.4 Å². The van der Waals surface area contributed by atoms with Crippen LogP contribution in [0.15, 0.2) is 24.3 Å². The zero-order chi connectivity index (χ0) is 13.5. The van der Waals surface area contributed by atoms with E-state index in [9.17, 15) is 9.59 Å². The molecule has 0 bridgehead atoms. The predicted octanol–water partition coefficient (Wildman–Crippen LogP) is 0.00580. The minimum absolute atomic E-state index is 0.00689. The molecule has 18 heavy (non-hydrogen) atoms. The lowest BCUT2D eigenvalue weighted by atomic mass is 10.1. The second-order valence-electron chi connectivity index (χ2n) is 4.21. The van der Waals surface area contributed by atoms with Gasteiger partial charge in [-0.3, -0.25) is 9.59 Å². The number of carbonyl (C=O) groups is 2. The fourth-order valence-corrected chi connectivity index (χ4v) is 1.45. The topological polar surface area (TPSA) is 75.4 Å². The largest absolute Gasteiger partial charge is 0.347 e. The van der Waals surface area contributed by atoms with Gasteiger partial charge in [0.1, 0.15) is 0 Å². The van der Waals surface area contributed by atoms with Crippen LogP contribution in [0.5, 0.6) is 0 Å². The van der Waals surface area contributed by atoms with E-state index in [2.05, 4.69) is 5.32 Å². The maximum Gasteiger partial charge on any atom is 0.251 e. The Bertz CT molecular complexity index is 430. The molecule has 5 nitrogen and oxygen atoms in total. The number of hydrogen-bond donors (Lipinski definition) is 2. The average molecular weight is 249 g/mol. The van der Waals surface area contributed by atoms with Gasteiger partial charge in [-0.25, -0.2) is 0 Å². The van der Waals surface area contributed by atoms with Gasteiger partial charge in [-0.2, -0.15) is 0 Å². The van der Waals surface area contributed by atoms with E-state index in [1.54, 1.807) is 26.2 Å². The van der Waals surface area contributed by atoms with Crippen LogP contribution in [0.4, 0.5) is 0 Å². The molecule has 3 N–H and O–H groups in total. The highest BCUT2D eigenvalue weighted by Crippen LogP contribution is 2.05. The van der Waals surface area contributed by atoms with Crippen LogP contribution >= 0.6 is 0 Å². The van der Waals surface area contributed by atoms with Crippen LogP contribution in [0.1, 0.15) is 15.9 Å². The Balaban J connectivity index is 2.61. The van der Waals surface area contributed by atoms with Crippen molar-refractivity contribution in [3.8, 4) is 0 Å². The summed E-state index contributed by atoms with van der Waals surface area (Å²) in [6.07, 6.45) is 0.734. The normalized spacial score (nSPS) is 9.94. The predicted molar refractivity (Wildman–Crippen MR) is 70.2 cm³/mol.